The number of halogens is 1. The second-order valence-corrected chi connectivity index (χ2v) is 2.71. The molecule has 0 aliphatic carbocycles. The lowest BCUT2D eigenvalue weighted by Gasteiger charge is -1.94. The number of carbonyl (C=O) groups excluding carboxylic acids is 1. The van der Waals surface area contributed by atoms with Crippen LogP contribution < -0.4 is 5.73 Å². The molecular weight excluding hydrogens is 194 g/mol. The largest absolute Gasteiger partial charge is 0.399 e. The monoisotopic (exact) mass is 201 g/mol. The summed E-state index contributed by atoms with van der Waals surface area (Å²) < 4.78 is 0.598. The van der Waals surface area contributed by atoms with Crippen LogP contribution in [0.2, 0.25) is 0 Å². The molecule has 0 radical (unpaired) electrons. The Morgan fingerprint density at radius 3 is 2.10 bits per heavy atom. The highest BCUT2D eigenvalue weighted by atomic mass is 79.9. The first-order valence-corrected chi connectivity index (χ1v) is 3.33. The molecule has 0 atom stereocenters. The molecule has 0 rings (SSSR count). The summed E-state index contributed by atoms with van der Waals surface area (Å²) in [5.41, 5.74) is 5.83. The van der Waals surface area contributed by atoms with Gasteiger partial charge >= 0.3 is 0 Å². The van der Waals surface area contributed by atoms with Gasteiger partial charge in [0.1, 0.15) is 0 Å². The first-order valence-electron chi connectivity index (χ1n) is 2.54. The molecule has 10 heavy (non-hydrogen) atoms. The number of allylic oxidation sites excluding steroid dienone is 3. The SMILES string of the molecule is C=C(Br)/C=C(/C=O)C(=C)N. The van der Waals surface area contributed by atoms with Crippen LogP contribution in [0.15, 0.2) is 35.0 Å². The number of carbonyl (C=O) groups is 1. The summed E-state index contributed by atoms with van der Waals surface area (Å²) in [7, 11) is 0. The Kier molecular flexibility index (Phi) is 3.72. The molecule has 3 heteroatoms. The molecule has 0 aromatic carbocycles. The molecule has 0 heterocycles. The van der Waals surface area contributed by atoms with Gasteiger partial charge in [-0.05, 0) is 6.08 Å². The fourth-order valence-corrected chi connectivity index (χ4v) is 0.618. The van der Waals surface area contributed by atoms with Gasteiger partial charge in [0, 0.05) is 15.8 Å². The second-order valence-electron chi connectivity index (χ2n) is 1.69. The highest BCUT2D eigenvalue weighted by Gasteiger charge is 1.94. The smallest absolute Gasteiger partial charge is 0.152 e. The van der Waals surface area contributed by atoms with E-state index in [2.05, 4.69) is 29.1 Å². The van der Waals surface area contributed by atoms with Crippen LogP contribution in [0.25, 0.3) is 0 Å². The van der Waals surface area contributed by atoms with Crippen molar-refractivity contribution in [1.29, 1.82) is 0 Å². The van der Waals surface area contributed by atoms with Crippen molar-refractivity contribution < 1.29 is 4.79 Å². The first kappa shape index (κ1) is 9.17. The summed E-state index contributed by atoms with van der Waals surface area (Å²) in [4.78, 5) is 10.2. The topological polar surface area (TPSA) is 43.1 Å². The van der Waals surface area contributed by atoms with E-state index >= 15 is 0 Å². The maximum atomic E-state index is 10.2. The lowest BCUT2D eigenvalue weighted by molar-refractivity contribution is -0.104. The maximum absolute atomic E-state index is 10.2. The van der Waals surface area contributed by atoms with Crippen LogP contribution in [0.5, 0.6) is 0 Å². The number of nitrogens with two attached hydrogens (primary N) is 1. The molecule has 0 fully saturated rings. The molecule has 0 aromatic rings. The van der Waals surface area contributed by atoms with Crippen molar-refractivity contribution in [2.75, 3.05) is 0 Å². The average Bonchev–Trinajstić information content (AvgIpc) is 1.81. The highest BCUT2D eigenvalue weighted by molar-refractivity contribution is 9.11. The summed E-state index contributed by atoms with van der Waals surface area (Å²) in [6.07, 6.45) is 2.14. The Morgan fingerprint density at radius 2 is 2.00 bits per heavy atom. The lowest BCUT2D eigenvalue weighted by atomic mass is 10.2. The Labute approximate surface area is 68.2 Å². The van der Waals surface area contributed by atoms with E-state index in [-0.39, 0.29) is 5.70 Å². The van der Waals surface area contributed by atoms with E-state index in [4.69, 9.17) is 5.73 Å². The Bertz CT molecular complexity index is 206. The Morgan fingerprint density at radius 1 is 1.50 bits per heavy atom. The van der Waals surface area contributed by atoms with Crippen molar-refractivity contribution in [3.63, 3.8) is 0 Å². The Balaban J connectivity index is 4.49. The van der Waals surface area contributed by atoms with Gasteiger partial charge in [-0.2, -0.15) is 0 Å². The van der Waals surface area contributed by atoms with E-state index in [1.165, 1.54) is 6.08 Å². The minimum atomic E-state index is 0.246. The standard InChI is InChI=1S/C7H8BrNO/c1-5(8)3-7(4-10)6(2)9/h3-4H,1-2,9H2/b7-3-. The summed E-state index contributed by atoms with van der Waals surface area (Å²) in [5.74, 6) is 0. The van der Waals surface area contributed by atoms with Gasteiger partial charge in [0.25, 0.3) is 0 Å². The maximum Gasteiger partial charge on any atom is 0.152 e. The minimum Gasteiger partial charge on any atom is -0.399 e. The zero-order valence-electron chi connectivity index (χ0n) is 5.43. The zero-order valence-corrected chi connectivity index (χ0v) is 7.02. The molecule has 0 aliphatic heterocycles. The van der Waals surface area contributed by atoms with Gasteiger partial charge in [0.2, 0.25) is 0 Å². The number of hydrogen-bond acceptors (Lipinski definition) is 2. The van der Waals surface area contributed by atoms with Crippen LogP contribution in [0.1, 0.15) is 0 Å². The van der Waals surface area contributed by atoms with Crippen LogP contribution in [-0.2, 0) is 4.79 Å². The molecule has 2 nitrogen and oxygen atoms in total. The second kappa shape index (κ2) is 4.06. The predicted octanol–water partition coefficient (Wildman–Crippen LogP) is 1.49. The van der Waals surface area contributed by atoms with Crippen LogP contribution in [-0.4, -0.2) is 6.29 Å². The summed E-state index contributed by atoms with van der Waals surface area (Å²) in [5, 5.41) is 0. The van der Waals surface area contributed by atoms with Crippen molar-refractivity contribution in [1.82, 2.24) is 0 Å². The summed E-state index contributed by atoms with van der Waals surface area (Å²) in [6, 6.07) is 0. The van der Waals surface area contributed by atoms with Gasteiger partial charge in [-0.25, -0.2) is 0 Å². The van der Waals surface area contributed by atoms with E-state index < -0.39 is 0 Å². The van der Waals surface area contributed by atoms with Crippen molar-refractivity contribution in [3.05, 3.63) is 35.0 Å². The molecule has 0 saturated heterocycles. The van der Waals surface area contributed by atoms with Gasteiger partial charge in [-0.15, -0.1) is 0 Å². The highest BCUT2D eigenvalue weighted by Crippen LogP contribution is 2.08. The molecule has 2 N–H and O–H groups in total. The number of aldehydes is 1. The van der Waals surface area contributed by atoms with Gasteiger partial charge in [0.05, 0.1) is 0 Å². The third kappa shape index (κ3) is 3.25. The average molecular weight is 202 g/mol. The van der Waals surface area contributed by atoms with Crippen LogP contribution >= 0.6 is 15.9 Å². The van der Waals surface area contributed by atoms with Gasteiger partial charge < -0.3 is 5.73 Å². The van der Waals surface area contributed by atoms with E-state index in [1.807, 2.05) is 0 Å². The molecule has 0 aromatic heterocycles. The third-order valence-electron chi connectivity index (χ3n) is 0.810. The normalized spacial score (nSPS) is 10.7. The molecular formula is C7H8BrNO. The van der Waals surface area contributed by atoms with Gasteiger partial charge in [0.15, 0.2) is 6.29 Å². The fraction of sp³-hybridized carbons (Fsp3) is 0. The minimum absolute atomic E-state index is 0.246. The molecule has 0 unspecified atom stereocenters. The van der Waals surface area contributed by atoms with Crippen LogP contribution in [0, 0.1) is 0 Å². The molecule has 0 spiro atoms. The quantitative estimate of drug-likeness (QED) is 0.428. The fourth-order valence-electron chi connectivity index (χ4n) is 0.371. The summed E-state index contributed by atoms with van der Waals surface area (Å²) >= 11 is 3.06. The first-order chi connectivity index (χ1) is 4.57. The van der Waals surface area contributed by atoms with Gasteiger partial charge in [-0.3, -0.25) is 4.79 Å². The van der Waals surface area contributed by atoms with Crippen LogP contribution in [0.4, 0.5) is 0 Å². The van der Waals surface area contributed by atoms with Crippen molar-refractivity contribution in [2.24, 2.45) is 5.73 Å². The van der Waals surface area contributed by atoms with Crippen LogP contribution in [0.3, 0.4) is 0 Å². The van der Waals surface area contributed by atoms with E-state index in [0.29, 0.717) is 16.3 Å². The number of rotatable bonds is 3. The molecule has 0 saturated carbocycles. The number of hydrogen-bond donors (Lipinski definition) is 1. The van der Waals surface area contributed by atoms with E-state index in [0.717, 1.165) is 0 Å². The van der Waals surface area contributed by atoms with Crippen molar-refractivity contribution >= 4 is 22.2 Å². The predicted molar refractivity (Wildman–Crippen MR) is 45.5 cm³/mol. The van der Waals surface area contributed by atoms with Gasteiger partial charge in [-0.1, -0.05) is 29.1 Å². The molecule has 0 bridgehead atoms. The third-order valence-corrected chi connectivity index (χ3v) is 1.04. The van der Waals surface area contributed by atoms with Crippen molar-refractivity contribution in [3.8, 4) is 0 Å². The molecule has 54 valence electrons. The molecule has 0 amide bonds. The lowest BCUT2D eigenvalue weighted by Crippen LogP contribution is -1.99. The van der Waals surface area contributed by atoms with Crippen molar-refractivity contribution in [2.45, 2.75) is 0 Å². The summed E-state index contributed by atoms with van der Waals surface area (Å²) in [6.45, 7) is 6.91. The van der Waals surface area contributed by atoms with E-state index in [9.17, 15) is 4.79 Å². The Hall–Kier alpha value is -0.830. The van der Waals surface area contributed by atoms with E-state index in [1.54, 1.807) is 0 Å². The molecule has 0 aliphatic rings. The zero-order chi connectivity index (χ0) is 8.15.